The van der Waals surface area contributed by atoms with Crippen LogP contribution in [0.1, 0.15) is 23.8 Å². The Bertz CT molecular complexity index is 816. The molecule has 0 saturated heterocycles. The number of rotatable bonds is 8. The predicted molar refractivity (Wildman–Crippen MR) is 103 cm³/mol. The summed E-state index contributed by atoms with van der Waals surface area (Å²) < 4.78 is 1.60. The molecule has 134 valence electrons. The molecule has 0 unspecified atom stereocenters. The largest absolute Gasteiger partial charge is 0.372 e. The Balaban J connectivity index is 1.48. The van der Waals surface area contributed by atoms with E-state index in [4.69, 9.17) is 0 Å². The Hall–Kier alpha value is -3.15. The number of nitrogens with one attached hydrogen (secondary N) is 1. The quantitative estimate of drug-likeness (QED) is 0.635. The first-order valence-electron chi connectivity index (χ1n) is 8.84. The van der Waals surface area contributed by atoms with Gasteiger partial charge in [-0.1, -0.05) is 41.6 Å². The van der Waals surface area contributed by atoms with Crippen LogP contribution in [-0.4, -0.2) is 40.5 Å². The van der Waals surface area contributed by atoms with Crippen LogP contribution in [0, 0.1) is 0 Å². The molecule has 0 atom stereocenters. The minimum Gasteiger partial charge on any atom is -0.372 e. The summed E-state index contributed by atoms with van der Waals surface area (Å²) in [5, 5.41) is 10.9. The summed E-state index contributed by atoms with van der Waals surface area (Å²) in [6, 6.07) is 19.9. The number of benzene rings is 2. The van der Waals surface area contributed by atoms with Crippen LogP contribution in [0.3, 0.4) is 0 Å². The van der Waals surface area contributed by atoms with Crippen molar-refractivity contribution in [2.24, 2.45) is 0 Å². The molecule has 2 aromatic carbocycles. The van der Waals surface area contributed by atoms with E-state index in [2.05, 4.69) is 39.6 Å². The van der Waals surface area contributed by atoms with Gasteiger partial charge in [0.1, 0.15) is 0 Å². The Morgan fingerprint density at radius 1 is 1.08 bits per heavy atom. The SMILES string of the molecule is CCN(CCCNC(=O)c1cn(-c2ccccc2)nn1)c1ccccc1. The van der Waals surface area contributed by atoms with Crippen molar-refractivity contribution in [3.8, 4) is 5.69 Å². The Kier molecular flexibility index (Phi) is 5.98. The second kappa shape index (κ2) is 8.80. The maximum Gasteiger partial charge on any atom is 0.273 e. The fourth-order valence-electron chi connectivity index (χ4n) is 2.75. The second-order valence-corrected chi connectivity index (χ2v) is 5.91. The number of anilines is 1. The standard InChI is InChI=1S/C20H23N5O/c1-2-24(17-10-5-3-6-11-17)15-9-14-21-20(26)19-16-25(23-22-19)18-12-7-4-8-13-18/h3-8,10-13,16H,2,9,14-15H2,1H3,(H,21,26). The average Bonchev–Trinajstić information content (AvgIpc) is 3.20. The van der Waals surface area contributed by atoms with E-state index < -0.39 is 0 Å². The number of para-hydroxylation sites is 2. The first-order valence-corrected chi connectivity index (χ1v) is 8.84. The fourth-order valence-corrected chi connectivity index (χ4v) is 2.75. The number of hydrogen-bond acceptors (Lipinski definition) is 4. The summed E-state index contributed by atoms with van der Waals surface area (Å²) in [5.41, 5.74) is 2.40. The van der Waals surface area contributed by atoms with E-state index in [1.165, 1.54) is 5.69 Å². The molecule has 6 heteroatoms. The smallest absolute Gasteiger partial charge is 0.273 e. The van der Waals surface area contributed by atoms with E-state index >= 15 is 0 Å². The zero-order valence-corrected chi connectivity index (χ0v) is 14.9. The number of carbonyl (C=O) groups excluding carboxylic acids is 1. The summed E-state index contributed by atoms with van der Waals surface area (Å²) in [7, 11) is 0. The molecule has 3 aromatic rings. The monoisotopic (exact) mass is 349 g/mol. The highest BCUT2D eigenvalue weighted by molar-refractivity contribution is 5.91. The number of nitrogens with zero attached hydrogens (tertiary/aromatic N) is 4. The van der Waals surface area contributed by atoms with Gasteiger partial charge in [-0.05, 0) is 37.6 Å². The lowest BCUT2D eigenvalue weighted by molar-refractivity contribution is 0.0948. The Labute approximate surface area is 153 Å². The van der Waals surface area contributed by atoms with E-state index in [1.807, 2.05) is 48.5 Å². The predicted octanol–water partition coefficient (Wildman–Crippen LogP) is 2.91. The lowest BCUT2D eigenvalue weighted by atomic mass is 10.2. The maximum absolute atomic E-state index is 12.2. The Morgan fingerprint density at radius 2 is 1.77 bits per heavy atom. The van der Waals surface area contributed by atoms with Crippen molar-refractivity contribution < 1.29 is 4.79 Å². The molecule has 1 heterocycles. The van der Waals surface area contributed by atoms with Crippen molar-refractivity contribution >= 4 is 11.6 Å². The molecule has 3 rings (SSSR count). The third-order valence-electron chi connectivity index (χ3n) is 4.14. The molecule has 0 aliphatic heterocycles. The molecule has 1 amide bonds. The third-order valence-corrected chi connectivity index (χ3v) is 4.14. The molecule has 0 aliphatic carbocycles. The Morgan fingerprint density at radius 3 is 2.46 bits per heavy atom. The van der Waals surface area contributed by atoms with E-state index in [9.17, 15) is 4.79 Å². The molecule has 26 heavy (non-hydrogen) atoms. The zero-order chi connectivity index (χ0) is 18.2. The number of carbonyl (C=O) groups is 1. The van der Waals surface area contributed by atoms with Gasteiger partial charge in [0.15, 0.2) is 5.69 Å². The van der Waals surface area contributed by atoms with Gasteiger partial charge in [0.25, 0.3) is 5.91 Å². The van der Waals surface area contributed by atoms with Crippen molar-refractivity contribution in [2.75, 3.05) is 24.5 Å². The van der Waals surface area contributed by atoms with Crippen LogP contribution in [0.2, 0.25) is 0 Å². The first kappa shape index (κ1) is 17.7. The fraction of sp³-hybridized carbons (Fsp3) is 0.250. The lowest BCUT2D eigenvalue weighted by Crippen LogP contribution is -2.30. The second-order valence-electron chi connectivity index (χ2n) is 5.91. The van der Waals surface area contributed by atoms with Crippen molar-refractivity contribution in [2.45, 2.75) is 13.3 Å². The molecule has 0 fully saturated rings. The topological polar surface area (TPSA) is 63.1 Å². The van der Waals surface area contributed by atoms with Crippen LogP contribution < -0.4 is 10.2 Å². The van der Waals surface area contributed by atoms with Crippen LogP contribution in [0.5, 0.6) is 0 Å². The van der Waals surface area contributed by atoms with Gasteiger partial charge >= 0.3 is 0 Å². The zero-order valence-electron chi connectivity index (χ0n) is 14.9. The van der Waals surface area contributed by atoms with Crippen LogP contribution >= 0.6 is 0 Å². The molecule has 0 aliphatic rings. The van der Waals surface area contributed by atoms with Crippen LogP contribution in [0.25, 0.3) is 5.69 Å². The third kappa shape index (κ3) is 4.47. The first-order chi connectivity index (χ1) is 12.8. The summed E-state index contributed by atoms with van der Waals surface area (Å²) in [6.45, 7) is 4.55. The highest BCUT2D eigenvalue weighted by Crippen LogP contribution is 2.12. The molecular formula is C20H23N5O. The van der Waals surface area contributed by atoms with E-state index in [-0.39, 0.29) is 5.91 Å². The maximum atomic E-state index is 12.2. The van der Waals surface area contributed by atoms with Crippen LogP contribution in [0.15, 0.2) is 66.9 Å². The van der Waals surface area contributed by atoms with Crippen molar-refractivity contribution in [3.05, 3.63) is 72.6 Å². The molecule has 0 spiro atoms. The van der Waals surface area contributed by atoms with E-state index in [0.717, 1.165) is 25.2 Å². The summed E-state index contributed by atoms with van der Waals surface area (Å²) in [4.78, 5) is 14.5. The summed E-state index contributed by atoms with van der Waals surface area (Å²) >= 11 is 0. The van der Waals surface area contributed by atoms with Gasteiger partial charge in [0.05, 0.1) is 11.9 Å². The average molecular weight is 349 g/mol. The molecule has 0 radical (unpaired) electrons. The number of amides is 1. The van der Waals surface area contributed by atoms with E-state index in [1.54, 1.807) is 10.9 Å². The van der Waals surface area contributed by atoms with Gasteiger partial charge in [0, 0.05) is 25.3 Å². The van der Waals surface area contributed by atoms with Gasteiger partial charge in [0.2, 0.25) is 0 Å². The molecule has 6 nitrogen and oxygen atoms in total. The molecule has 1 N–H and O–H groups in total. The van der Waals surface area contributed by atoms with Gasteiger partial charge < -0.3 is 10.2 Å². The minimum absolute atomic E-state index is 0.199. The molecule has 0 saturated carbocycles. The highest BCUT2D eigenvalue weighted by Gasteiger charge is 2.11. The highest BCUT2D eigenvalue weighted by atomic mass is 16.2. The molecular weight excluding hydrogens is 326 g/mol. The van der Waals surface area contributed by atoms with Gasteiger partial charge in [-0.15, -0.1) is 5.10 Å². The van der Waals surface area contributed by atoms with Crippen molar-refractivity contribution in [1.82, 2.24) is 20.3 Å². The van der Waals surface area contributed by atoms with Gasteiger partial charge in [-0.25, -0.2) is 4.68 Å². The minimum atomic E-state index is -0.199. The number of aromatic nitrogens is 3. The lowest BCUT2D eigenvalue weighted by Gasteiger charge is -2.23. The molecule has 0 bridgehead atoms. The normalized spacial score (nSPS) is 10.5. The molecule has 1 aromatic heterocycles. The van der Waals surface area contributed by atoms with E-state index in [0.29, 0.717) is 12.2 Å². The van der Waals surface area contributed by atoms with Crippen molar-refractivity contribution in [1.29, 1.82) is 0 Å². The van der Waals surface area contributed by atoms with Crippen LogP contribution in [0.4, 0.5) is 5.69 Å². The van der Waals surface area contributed by atoms with Gasteiger partial charge in [-0.3, -0.25) is 4.79 Å². The summed E-state index contributed by atoms with van der Waals surface area (Å²) in [6.07, 6.45) is 2.51. The van der Waals surface area contributed by atoms with Crippen molar-refractivity contribution in [3.63, 3.8) is 0 Å². The number of hydrogen-bond donors (Lipinski definition) is 1. The summed E-state index contributed by atoms with van der Waals surface area (Å²) in [5.74, 6) is -0.199. The van der Waals surface area contributed by atoms with Gasteiger partial charge in [-0.2, -0.15) is 0 Å². The van der Waals surface area contributed by atoms with Crippen LogP contribution in [-0.2, 0) is 0 Å².